The first-order valence-electron chi connectivity index (χ1n) is 6.00. The zero-order valence-corrected chi connectivity index (χ0v) is 11.7. The van der Waals surface area contributed by atoms with Crippen molar-refractivity contribution in [3.8, 4) is 5.69 Å². The molecule has 5 nitrogen and oxygen atoms in total. The van der Waals surface area contributed by atoms with Gasteiger partial charge in [0.1, 0.15) is 5.82 Å². The van der Waals surface area contributed by atoms with E-state index in [9.17, 15) is 8.42 Å². The van der Waals surface area contributed by atoms with E-state index in [-0.39, 0.29) is 17.4 Å². The van der Waals surface area contributed by atoms with Gasteiger partial charge in [0.15, 0.2) is 14.6 Å². The van der Waals surface area contributed by atoms with Gasteiger partial charge < -0.3 is 0 Å². The number of nitrogens with one attached hydrogen (secondary N) is 1. The Balaban J connectivity index is 2.08. The molecule has 0 amide bonds. The van der Waals surface area contributed by atoms with E-state index in [0.717, 1.165) is 5.69 Å². The van der Waals surface area contributed by atoms with Crippen LogP contribution in [0.1, 0.15) is 18.2 Å². The molecule has 19 heavy (non-hydrogen) atoms. The predicted molar refractivity (Wildman–Crippen MR) is 74.8 cm³/mol. The first-order chi connectivity index (χ1) is 9.07. The third-order valence-corrected chi connectivity index (χ3v) is 5.35. The molecule has 1 atom stereocenters. The zero-order chi connectivity index (χ0) is 13.5. The van der Waals surface area contributed by atoms with Gasteiger partial charge in [-0.25, -0.2) is 8.42 Å². The fraction of sp³-hybridized carbons (Fsp3) is 0.333. The molecule has 0 bridgehead atoms. The maximum atomic E-state index is 11.6. The largest absolute Gasteiger partial charge is 0.272 e. The molecule has 0 aliphatic carbocycles. The normalized spacial score (nSPS) is 21.6. The van der Waals surface area contributed by atoms with Gasteiger partial charge in [-0.05, 0) is 30.8 Å². The summed E-state index contributed by atoms with van der Waals surface area (Å²) in [6, 6.07) is 9.61. The summed E-state index contributed by atoms with van der Waals surface area (Å²) in [4.78, 5) is 0. The Labute approximate surface area is 116 Å². The van der Waals surface area contributed by atoms with Gasteiger partial charge in [0, 0.05) is 11.6 Å². The van der Waals surface area contributed by atoms with Crippen LogP contribution in [0.15, 0.2) is 30.3 Å². The second kappa shape index (κ2) is 4.57. The Hall–Kier alpha value is -1.47. The van der Waals surface area contributed by atoms with Gasteiger partial charge in [0.05, 0.1) is 11.5 Å². The van der Waals surface area contributed by atoms with Gasteiger partial charge in [-0.1, -0.05) is 18.2 Å². The topological polar surface area (TPSA) is 67.8 Å². The fourth-order valence-electron chi connectivity index (χ4n) is 2.41. The van der Waals surface area contributed by atoms with Crippen LogP contribution in [0.3, 0.4) is 0 Å². The molecule has 1 aromatic carbocycles. The van der Waals surface area contributed by atoms with Crippen molar-refractivity contribution in [1.82, 2.24) is 14.8 Å². The lowest BCUT2D eigenvalue weighted by atomic mass is 10.1. The first kappa shape index (κ1) is 12.6. The van der Waals surface area contributed by atoms with Gasteiger partial charge in [0.25, 0.3) is 0 Å². The molecular weight excluding hydrogens is 282 g/mol. The van der Waals surface area contributed by atoms with E-state index in [0.29, 0.717) is 17.0 Å². The van der Waals surface area contributed by atoms with Crippen LogP contribution in [-0.4, -0.2) is 34.7 Å². The quantitative estimate of drug-likeness (QED) is 0.858. The number of aromatic amines is 1. The Morgan fingerprint density at radius 3 is 2.68 bits per heavy atom. The fourth-order valence-corrected chi connectivity index (χ4v) is 4.39. The highest BCUT2D eigenvalue weighted by Gasteiger charge is 2.32. The van der Waals surface area contributed by atoms with E-state index in [4.69, 9.17) is 12.2 Å². The van der Waals surface area contributed by atoms with Gasteiger partial charge >= 0.3 is 0 Å². The summed E-state index contributed by atoms with van der Waals surface area (Å²) in [7, 11) is -2.93. The van der Waals surface area contributed by atoms with Crippen LogP contribution in [0.25, 0.3) is 5.69 Å². The van der Waals surface area contributed by atoms with Crippen LogP contribution in [0.4, 0.5) is 0 Å². The number of para-hydroxylation sites is 1. The molecule has 1 fully saturated rings. The van der Waals surface area contributed by atoms with Crippen molar-refractivity contribution in [2.45, 2.75) is 12.3 Å². The third-order valence-electron chi connectivity index (χ3n) is 3.31. The molecule has 0 radical (unpaired) electrons. The number of H-pyrrole nitrogens is 1. The minimum Gasteiger partial charge on any atom is -0.272 e. The monoisotopic (exact) mass is 295 g/mol. The van der Waals surface area contributed by atoms with E-state index >= 15 is 0 Å². The van der Waals surface area contributed by atoms with Crippen molar-refractivity contribution in [2.24, 2.45) is 0 Å². The molecule has 1 saturated heterocycles. The lowest BCUT2D eigenvalue weighted by Gasteiger charge is -2.10. The minimum atomic E-state index is -2.93. The lowest BCUT2D eigenvalue weighted by Crippen LogP contribution is -2.10. The molecule has 100 valence electrons. The van der Waals surface area contributed by atoms with Gasteiger partial charge in [-0.2, -0.15) is 5.10 Å². The number of benzene rings is 1. The molecule has 2 heterocycles. The van der Waals surface area contributed by atoms with E-state index in [1.54, 1.807) is 0 Å². The Morgan fingerprint density at radius 1 is 1.32 bits per heavy atom. The maximum Gasteiger partial charge on any atom is 0.199 e. The molecule has 1 unspecified atom stereocenters. The maximum absolute atomic E-state index is 11.6. The zero-order valence-electron chi connectivity index (χ0n) is 10.1. The standard InChI is InChI=1S/C12H13N3O2S2/c16-19(17)7-6-9(8-19)11-13-14-12(18)15(11)10-4-2-1-3-5-10/h1-5,9H,6-8H2,(H,14,18). The van der Waals surface area contributed by atoms with E-state index in [1.165, 1.54) is 0 Å². The SMILES string of the molecule is O=S1(=O)CCC(c2n[nH]c(=S)n2-c2ccccc2)C1. The number of sulfone groups is 1. The molecule has 1 aromatic heterocycles. The second-order valence-electron chi connectivity index (χ2n) is 4.66. The highest BCUT2D eigenvalue weighted by Crippen LogP contribution is 2.29. The van der Waals surface area contributed by atoms with Crippen molar-refractivity contribution < 1.29 is 8.42 Å². The molecule has 7 heteroatoms. The third kappa shape index (κ3) is 2.35. The van der Waals surface area contributed by atoms with Crippen LogP contribution >= 0.6 is 12.2 Å². The first-order valence-corrected chi connectivity index (χ1v) is 8.23. The number of aromatic nitrogens is 3. The van der Waals surface area contributed by atoms with Crippen LogP contribution in [0.2, 0.25) is 0 Å². The van der Waals surface area contributed by atoms with Crippen molar-refractivity contribution in [3.63, 3.8) is 0 Å². The van der Waals surface area contributed by atoms with Crippen molar-refractivity contribution in [1.29, 1.82) is 0 Å². The molecule has 2 aromatic rings. The summed E-state index contributed by atoms with van der Waals surface area (Å²) in [6.07, 6.45) is 0.606. The summed E-state index contributed by atoms with van der Waals surface area (Å²) in [5.41, 5.74) is 0.903. The molecular formula is C12H13N3O2S2. The molecule has 3 rings (SSSR count). The van der Waals surface area contributed by atoms with Crippen molar-refractivity contribution >= 4 is 22.1 Å². The second-order valence-corrected chi connectivity index (χ2v) is 7.27. The van der Waals surface area contributed by atoms with Gasteiger partial charge in [-0.3, -0.25) is 9.67 Å². The predicted octanol–water partition coefficient (Wildman–Crippen LogP) is 1.83. The van der Waals surface area contributed by atoms with E-state index in [2.05, 4.69) is 10.2 Å². The van der Waals surface area contributed by atoms with Crippen LogP contribution in [0.5, 0.6) is 0 Å². The summed E-state index contributed by atoms with van der Waals surface area (Å²) in [5, 5.41) is 6.98. The molecule has 0 saturated carbocycles. The molecule has 0 spiro atoms. The Kier molecular flexibility index (Phi) is 3.02. The number of hydrogen-bond donors (Lipinski definition) is 1. The van der Waals surface area contributed by atoms with Crippen molar-refractivity contribution in [2.75, 3.05) is 11.5 Å². The smallest absolute Gasteiger partial charge is 0.199 e. The van der Waals surface area contributed by atoms with Gasteiger partial charge in [0.2, 0.25) is 0 Å². The summed E-state index contributed by atoms with van der Waals surface area (Å²) < 4.78 is 25.5. The van der Waals surface area contributed by atoms with Crippen LogP contribution < -0.4 is 0 Å². The average molecular weight is 295 g/mol. The van der Waals surface area contributed by atoms with Crippen LogP contribution in [-0.2, 0) is 9.84 Å². The van der Waals surface area contributed by atoms with Crippen molar-refractivity contribution in [3.05, 3.63) is 40.9 Å². The summed E-state index contributed by atoms with van der Waals surface area (Å²) in [6.45, 7) is 0. The number of hydrogen-bond acceptors (Lipinski definition) is 4. The van der Waals surface area contributed by atoms with Gasteiger partial charge in [-0.15, -0.1) is 0 Å². The highest BCUT2D eigenvalue weighted by molar-refractivity contribution is 7.91. The number of nitrogens with zero attached hydrogens (tertiary/aromatic N) is 2. The van der Waals surface area contributed by atoms with Crippen LogP contribution in [0, 0.1) is 4.77 Å². The lowest BCUT2D eigenvalue weighted by molar-refractivity contribution is 0.600. The minimum absolute atomic E-state index is 0.0850. The Morgan fingerprint density at radius 2 is 2.05 bits per heavy atom. The average Bonchev–Trinajstić information content (AvgIpc) is 2.93. The summed E-state index contributed by atoms with van der Waals surface area (Å²) in [5.74, 6) is 1.00. The summed E-state index contributed by atoms with van der Waals surface area (Å²) >= 11 is 5.24. The highest BCUT2D eigenvalue weighted by atomic mass is 32.2. The number of rotatable bonds is 2. The molecule has 1 aliphatic heterocycles. The molecule has 1 aliphatic rings. The molecule has 1 N–H and O–H groups in total. The van der Waals surface area contributed by atoms with E-state index in [1.807, 2.05) is 34.9 Å². The Bertz CT molecular complexity index is 747. The van der Waals surface area contributed by atoms with E-state index < -0.39 is 9.84 Å².